The molecule has 0 unspecified atom stereocenters. The number of rotatable bonds is 8. The monoisotopic (exact) mass is 327 g/mol. The van der Waals surface area contributed by atoms with Crippen molar-refractivity contribution in [1.82, 2.24) is 15.1 Å². The second kappa shape index (κ2) is 9.54. The molecule has 2 amide bonds. The first-order valence-corrected chi connectivity index (χ1v) is 7.81. The van der Waals surface area contributed by atoms with Gasteiger partial charge in [0, 0.05) is 26.2 Å². The minimum absolute atomic E-state index is 0.0629. The largest absolute Gasteiger partial charge is 0.492 e. The fourth-order valence-corrected chi connectivity index (χ4v) is 2.25. The van der Waals surface area contributed by atoms with Crippen LogP contribution in [0.1, 0.15) is 13.3 Å². The van der Waals surface area contributed by atoms with E-state index >= 15 is 0 Å². The van der Waals surface area contributed by atoms with Gasteiger partial charge in [0.05, 0.1) is 11.6 Å². The molecule has 1 atom stereocenters. The number of nitrogens with one attached hydrogen (secondary N) is 1. The first-order chi connectivity index (χ1) is 10.4. The van der Waals surface area contributed by atoms with E-state index in [4.69, 9.17) is 16.3 Å². The quantitative estimate of drug-likeness (QED) is 0.747. The Morgan fingerprint density at radius 3 is 2.64 bits per heavy atom. The van der Waals surface area contributed by atoms with Crippen LogP contribution in [0.4, 0.5) is 4.79 Å². The Hall–Kier alpha value is -1.46. The average Bonchev–Trinajstić information content (AvgIpc) is 2.44. The molecule has 0 bridgehead atoms. The number of likely N-dealkylation sites (N-methyl/N-ethyl adjacent to an activating group) is 1. The highest BCUT2D eigenvalue weighted by atomic mass is 35.5. The van der Waals surface area contributed by atoms with Gasteiger partial charge in [0.25, 0.3) is 0 Å². The molecule has 124 valence electrons. The van der Waals surface area contributed by atoms with Crippen LogP contribution in [-0.4, -0.2) is 62.7 Å². The summed E-state index contributed by atoms with van der Waals surface area (Å²) in [5, 5.41) is 3.56. The molecule has 0 aliphatic rings. The average molecular weight is 328 g/mol. The van der Waals surface area contributed by atoms with E-state index in [-0.39, 0.29) is 12.1 Å². The van der Waals surface area contributed by atoms with Crippen LogP contribution in [0.15, 0.2) is 24.3 Å². The van der Waals surface area contributed by atoms with E-state index in [9.17, 15) is 4.79 Å². The maximum Gasteiger partial charge on any atom is 0.317 e. The molecule has 1 N–H and O–H groups in total. The van der Waals surface area contributed by atoms with E-state index in [0.29, 0.717) is 23.9 Å². The Balaban J connectivity index is 2.24. The molecule has 0 saturated carbocycles. The van der Waals surface area contributed by atoms with Gasteiger partial charge in [-0.3, -0.25) is 0 Å². The third-order valence-electron chi connectivity index (χ3n) is 3.09. The zero-order valence-corrected chi connectivity index (χ0v) is 14.6. The number of amides is 2. The molecule has 1 rings (SSSR count). The van der Waals surface area contributed by atoms with Gasteiger partial charge >= 0.3 is 6.03 Å². The molecule has 0 radical (unpaired) electrons. The van der Waals surface area contributed by atoms with Crippen LogP contribution in [0.3, 0.4) is 0 Å². The van der Waals surface area contributed by atoms with E-state index in [1.165, 1.54) is 0 Å². The number of carbonyl (C=O) groups is 1. The highest BCUT2D eigenvalue weighted by Gasteiger charge is 2.12. The van der Waals surface area contributed by atoms with Gasteiger partial charge < -0.3 is 19.9 Å². The zero-order valence-electron chi connectivity index (χ0n) is 13.8. The molecular formula is C16H26ClN3O2. The van der Waals surface area contributed by atoms with Crippen molar-refractivity contribution in [2.24, 2.45) is 0 Å². The summed E-state index contributed by atoms with van der Waals surface area (Å²) in [6, 6.07) is 7.43. The zero-order chi connectivity index (χ0) is 16.5. The van der Waals surface area contributed by atoms with Crippen molar-refractivity contribution in [3.05, 3.63) is 29.3 Å². The molecule has 0 aliphatic carbocycles. The van der Waals surface area contributed by atoms with E-state index in [1.807, 2.05) is 44.1 Å². The van der Waals surface area contributed by atoms with Crippen LogP contribution in [0.2, 0.25) is 5.02 Å². The topological polar surface area (TPSA) is 44.8 Å². The smallest absolute Gasteiger partial charge is 0.317 e. The van der Waals surface area contributed by atoms with Gasteiger partial charge in [0.2, 0.25) is 0 Å². The van der Waals surface area contributed by atoms with Gasteiger partial charge in [-0.05, 0) is 39.6 Å². The van der Waals surface area contributed by atoms with E-state index in [2.05, 4.69) is 5.32 Å². The summed E-state index contributed by atoms with van der Waals surface area (Å²) in [7, 11) is 5.75. The Bertz CT molecular complexity index is 468. The fraction of sp³-hybridized carbons (Fsp3) is 0.562. The number of ether oxygens (including phenoxy) is 1. The summed E-state index contributed by atoms with van der Waals surface area (Å²) < 4.78 is 5.60. The number of halogens is 1. The Morgan fingerprint density at radius 2 is 2.00 bits per heavy atom. The highest BCUT2D eigenvalue weighted by Crippen LogP contribution is 2.22. The SMILES string of the molecule is C[C@H](CN(C)C)NC(=O)N(C)CCCOc1ccccc1Cl. The van der Waals surface area contributed by atoms with E-state index in [0.717, 1.165) is 13.0 Å². The van der Waals surface area contributed by atoms with Crippen molar-refractivity contribution in [3.8, 4) is 5.75 Å². The van der Waals surface area contributed by atoms with Crippen LogP contribution < -0.4 is 10.1 Å². The minimum Gasteiger partial charge on any atom is -0.492 e. The number of para-hydroxylation sites is 1. The maximum absolute atomic E-state index is 12.0. The maximum atomic E-state index is 12.0. The standard InChI is InChI=1S/C16H26ClN3O2/c1-13(12-19(2)3)18-16(21)20(4)10-7-11-22-15-9-6-5-8-14(15)17/h5-6,8-9,13H,7,10-12H2,1-4H3,(H,18,21)/t13-/m1/s1. The molecule has 0 heterocycles. The van der Waals surface area contributed by atoms with Crippen molar-refractivity contribution < 1.29 is 9.53 Å². The molecule has 22 heavy (non-hydrogen) atoms. The Morgan fingerprint density at radius 1 is 1.32 bits per heavy atom. The number of carbonyl (C=O) groups excluding carboxylic acids is 1. The molecule has 6 heteroatoms. The Labute approximate surface area is 138 Å². The lowest BCUT2D eigenvalue weighted by molar-refractivity contribution is 0.197. The second-order valence-corrected chi connectivity index (χ2v) is 6.07. The summed E-state index contributed by atoms with van der Waals surface area (Å²) in [5.74, 6) is 0.677. The predicted molar refractivity (Wildman–Crippen MR) is 90.7 cm³/mol. The number of nitrogens with zero attached hydrogens (tertiary/aromatic N) is 2. The third kappa shape index (κ3) is 7.00. The van der Waals surface area contributed by atoms with Gasteiger partial charge in [0.15, 0.2) is 0 Å². The number of urea groups is 1. The molecule has 1 aromatic carbocycles. The lowest BCUT2D eigenvalue weighted by atomic mass is 10.3. The number of hydrogen-bond donors (Lipinski definition) is 1. The van der Waals surface area contributed by atoms with Gasteiger partial charge in [-0.1, -0.05) is 23.7 Å². The van der Waals surface area contributed by atoms with Crippen LogP contribution >= 0.6 is 11.6 Å². The number of benzene rings is 1. The van der Waals surface area contributed by atoms with Crippen LogP contribution in [0.25, 0.3) is 0 Å². The number of hydrogen-bond acceptors (Lipinski definition) is 3. The van der Waals surface area contributed by atoms with E-state index < -0.39 is 0 Å². The minimum atomic E-state index is -0.0629. The molecule has 0 aromatic heterocycles. The first kappa shape index (κ1) is 18.6. The molecule has 0 fully saturated rings. The molecule has 0 saturated heterocycles. The van der Waals surface area contributed by atoms with E-state index in [1.54, 1.807) is 18.0 Å². The van der Waals surface area contributed by atoms with Crippen LogP contribution in [0.5, 0.6) is 5.75 Å². The van der Waals surface area contributed by atoms with Crippen LogP contribution in [-0.2, 0) is 0 Å². The molecule has 5 nitrogen and oxygen atoms in total. The second-order valence-electron chi connectivity index (χ2n) is 5.67. The fourth-order valence-electron chi connectivity index (χ4n) is 2.06. The van der Waals surface area contributed by atoms with Crippen molar-refractivity contribution in [2.45, 2.75) is 19.4 Å². The van der Waals surface area contributed by atoms with Crippen molar-refractivity contribution >= 4 is 17.6 Å². The third-order valence-corrected chi connectivity index (χ3v) is 3.40. The summed E-state index contributed by atoms with van der Waals surface area (Å²) in [6.07, 6.45) is 0.747. The summed E-state index contributed by atoms with van der Waals surface area (Å²) in [4.78, 5) is 15.7. The van der Waals surface area contributed by atoms with Gasteiger partial charge in [-0.25, -0.2) is 4.79 Å². The summed E-state index contributed by atoms with van der Waals surface area (Å²) in [6.45, 7) is 3.96. The molecule has 0 spiro atoms. The van der Waals surface area contributed by atoms with Crippen molar-refractivity contribution in [1.29, 1.82) is 0 Å². The summed E-state index contributed by atoms with van der Waals surface area (Å²) >= 11 is 6.01. The normalized spacial score (nSPS) is 12.1. The predicted octanol–water partition coefficient (Wildman–Crippen LogP) is 2.70. The Kier molecular flexibility index (Phi) is 8.06. The lowest BCUT2D eigenvalue weighted by Crippen LogP contribution is -2.45. The molecular weight excluding hydrogens is 302 g/mol. The molecule has 1 aromatic rings. The van der Waals surface area contributed by atoms with Crippen molar-refractivity contribution in [3.63, 3.8) is 0 Å². The summed E-state index contributed by atoms with van der Waals surface area (Å²) in [5.41, 5.74) is 0. The highest BCUT2D eigenvalue weighted by molar-refractivity contribution is 6.32. The van der Waals surface area contributed by atoms with Gasteiger partial charge in [0.1, 0.15) is 5.75 Å². The van der Waals surface area contributed by atoms with Gasteiger partial charge in [-0.15, -0.1) is 0 Å². The first-order valence-electron chi connectivity index (χ1n) is 7.44. The van der Waals surface area contributed by atoms with Gasteiger partial charge in [-0.2, -0.15) is 0 Å². The van der Waals surface area contributed by atoms with Crippen LogP contribution in [0, 0.1) is 0 Å². The van der Waals surface area contributed by atoms with Crippen molar-refractivity contribution in [2.75, 3.05) is 40.8 Å². The lowest BCUT2D eigenvalue weighted by Gasteiger charge is -2.23. The molecule has 0 aliphatic heterocycles.